The molecule has 0 saturated carbocycles. The van der Waals surface area contributed by atoms with E-state index in [0.29, 0.717) is 0 Å². The Balaban J connectivity index is 2.04. The number of nitrogens with zero attached hydrogens (tertiary/aromatic N) is 2. The zero-order chi connectivity index (χ0) is 19.3. The summed E-state index contributed by atoms with van der Waals surface area (Å²) in [6.07, 6.45) is 2.55. The number of nitrogen functional groups attached to an aromatic ring is 1. The summed E-state index contributed by atoms with van der Waals surface area (Å²) in [6, 6.07) is 3.84. The Kier molecular flexibility index (Phi) is 5.69. The second kappa shape index (κ2) is 7.76. The number of hydrogen-bond donors (Lipinski definition) is 3. The van der Waals surface area contributed by atoms with E-state index < -0.39 is 28.5 Å². The lowest BCUT2D eigenvalue weighted by atomic mass is 10.3. The highest BCUT2D eigenvalue weighted by Crippen LogP contribution is 2.26. The number of carbonyl (C=O) groups excluding carboxylic acids is 2. The van der Waals surface area contributed by atoms with Crippen LogP contribution in [0.2, 0.25) is 0 Å². The van der Waals surface area contributed by atoms with Gasteiger partial charge in [-0.25, -0.2) is 28.3 Å². The summed E-state index contributed by atoms with van der Waals surface area (Å²) >= 11 is 0. The lowest BCUT2D eigenvalue weighted by Gasteiger charge is -2.10. The van der Waals surface area contributed by atoms with Gasteiger partial charge in [0.15, 0.2) is 18.1 Å². The van der Waals surface area contributed by atoms with Crippen molar-refractivity contribution in [1.82, 2.24) is 9.97 Å². The van der Waals surface area contributed by atoms with Gasteiger partial charge in [0.1, 0.15) is 10.6 Å². The quantitative estimate of drug-likeness (QED) is 0.557. The number of amides is 1. The number of methoxy groups -OCH3 is 1. The lowest BCUT2D eigenvalue weighted by molar-refractivity contribution is -0.119. The molecule has 0 fully saturated rings. The topological polar surface area (TPSA) is 177 Å². The molecule has 12 heteroatoms. The molecule has 0 radical (unpaired) electrons. The van der Waals surface area contributed by atoms with Crippen LogP contribution in [0.15, 0.2) is 35.5 Å². The number of nitrogens with two attached hydrogens (primary N) is 2. The molecular weight excluding hydrogens is 366 g/mol. The number of carbonyl (C=O) groups is 2. The number of hydrogen-bond acceptors (Lipinski definition) is 9. The number of nitrogens with one attached hydrogen (secondary N) is 1. The van der Waals surface area contributed by atoms with Gasteiger partial charge >= 0.3 is 5.97 Å². The fraction of sp³-hybridized carbons (Fsp3) is 0.143. The molecule has 1 aromatic heterocycles. The Morgan fingerprint density at radius 2 is 1.92 bits per heavy atom. The van der Waals surface area contributed by atoms with E-state index in [-0.39, 0.29) is 27.8 Å². The van der Waals surface area contributed by atoms with Crippen LogP contribution in [-0.2, 0) is 19.6 Å². The normalized spacial score (nSPS) is 10.8. The van der Waals surface area contributed by atoms with Gasteiger partial charge in [-0.1, -0.05) is 0 Å². The van der Waals surface area contributed by atoms with Crippen LogP contribution in [0, 0.1) is 0 Å². The van der Waals surface area contributed by atoms with Crippen LogP contribution < -0.4 is 20.9 Å². The average molecular weight is 381 g/mol. The number of aromatic nitrogens is 2. The summed E-state index contributed by atoms with van der Waals surface area (Å²) < 4.78 is 32.8. The molecule has 1 aromatic carbocycles. The highest BCUT2D eigenvalue weighted by molar-refractivity contribution is 7.89. The van der Waals surface area contributed by atoms with Crippen molar-refractivity contribution in [2.75, 3.05) is 24.8 Å². The number of ether oxygens (including phenoxy) is 2. The van der Waals surface area contributed by atoms with Crippen LogP contribution in [0.5, 0.6) is 5.75 Å². The summed E-state index contributed by atoms with van der Waals surface area (Å²) in [5.74, 6) is -1.75. The van der Waals surface area contributed by atoms with Crippen LogP contribution in [0.1, 0.15) is 10.5 Å². The maximum absolute atomic E-state index is 11.9. The SMILES string of the molecule is COc1ccc(NC(=O)COC(=O)c2nccnc2N)cc1S(N)(=O)=O. The summed E-state index contributed by atoms with van der Waals surface area (Å²) in [5.41, 5.74) is 5.38. The predicted octanol–water partition coefficient (Wildman–Crippen LogP) is -0.490. The Bertz CT molecular complexity index is 947. The zero-order valence-corrected chi connectivity index (χ0v) is 14.3. The second-order valence-electron chi connectivity index (χ2n) is 4.83. The van der Waals surface area contributed by atoms with Gasteiger partial charge in [-0.15, -0.1) is 0 Å². The number of benzene rings is 1. The molecule has 0 bridgehead atoms. The monoisotopic (exact) mass is 381 g/mol. The van der Waals surface area contributed by atoms with Gasteiger partial charge in [-0.05, 0) is 18.2 Å². The molecule has 0 aliphatic rings. The van der Waals surface area contributed by atoms with E-state index in [1.165, 1.54) is 31.6 Å². The summed E-state index contributed by atoms with van der Waals surface area (Å²) in [4.78, 5) is 30.8. The van der Waals surface area contributed by atoms with E-state index in [0.717, 1.165) is 6.07 Å². The Hall–Kier alpha value is -3.25. The highest BCUT2D eigenvalue weighted by atomic mass is 32.2. The van der Waals surface area contributed by atoms with Crippen molar-refractivity contribution in [3.63, 3.8) is 0 Å². The third-order valence-electron chi connectivity index (χ3n) is 3.01. The number of sulfonamides is 1. The summed E-state index contributed by atoms with van der Waals surface area (Å²) in [5, 5.41) is 7.46. The molecule has 2 aromatic rings. The van der Waals surface area contributed by atoms with Crippen molar-refractivity contribution in [2.24, 2.45) is 5.14 Å². The molecule has 0 atom stereocenters. The molecular formula is C14H15N5O6S. The molecule has 1 heterocycles. The van der Waals surface area contributed by atoms with Gasteiger partial charge in [-0.2, -0.15) is 0 Å². The maximum atomic E-state index is 11.9. The predicted molar refractivity (Wildman–Crippen MR) is 89.7 cm³/mol. The molecule has 0 aliphatic heterocycles. The smallest absolute Gasteiger partial charge is 0.361 e. The molecule has 0 aliphatic carbocycles. The highest BCUT2D eigenvalue weighted by Gasteiger charge is 2.18. The Morgan fingerprint density at radius 1 is 1.23 bits per heavy atom. The van der Waals surface area contributed by atoms with E-state index in [2.05, 4.69) is 15.3 Å². The Morgan fingerprint density at radius 3 is 2.54 bits per heavy atom. The number of anilines is 2. The van der Waals surface area contributed by atoms with Crippen molar-refractivity contribution < 1.29 is 27.5 Å². The van der Waals surface area contributed by atoms with E-state index in [4.69, 9.17) is 20.3 Å². The van der Waals surface area contributed by atoms with Crippen LogP contribution >= 0.6 is 0 Å². The molecule has 1 amide bonds. The number of esters is 1. The van der Waals surface area contributed by atoms with Crippen molar-refractivity contribution in [3.05, 3.63) is 36.3 Å². The maximum Gasteiger partial charge on any atom is 0.361 e. The minimum atomic E-state index is -4.06. The summed E-state index contributed by atoms with van der Waals surface area (Å²) in [6.45, 7) is -0.647. The molecule has 11 nitrogen and oxygen atoms in total. The summed E-state index contributed by atoms with van der Waals surface area (Å²) in [7, 11) is -2.78. The molecule has 5 N–H and O–H groups in total. The molecule has 138 valence electrons. The number of rotatable bonds is 6. The van der Waals surface area contributed by atoms with Gasteiger partial charge in [-0.3, -0.25) is 4.79 Å². The van der Waals surface area contributed by atoms with E-state index in [1.54, 1.807) is 0 Å². The Labute approximate surface area is 148 Å². The first kappa shape index (κ1) is 19.1. The van der Waals surface area contributed by atoms with E-state index >= 15 is 0 Å². The first-order valence-corrected chi connectivity index (χ1v) is 8.51. The molecule has 2 rings (SSSR count). The van der Waals surface area contributed by atoms with Crippen LogP contribution in [0.4, 0.5) is 11.5 Å². The zero-order valence-electron chi connectivity index (χ0n) is 13.5. The molecule has 26 heavy (non-hydrogen) atoms. The average Bonchev–Trinajstić information content (AvgIpc) is 2.59. The molecule has 0 saturated heterocycles. The molecule has 0 unspecified atom stereocenters. The lowest BCUT2D eigenvalue weighted by Crippen LogP contribution is -2.22. The minimum absolute atomic E-state index is 0.0232. The third kappa shape index (κ3) is 4.64. The van der Waals surface area contributed by atoms with E-state index in [1.807, 2.05) is 0 Å². The van der Waals surface area contributed by atoms with Crippen molar-refractivity contribution >= 4 is 33.4 Å². The first-order chi connectivity index (χ1) is 12.2. The third-order valence-corrected chi connectivity index (χ3v) is 3.94. The molecule has 0 spiro atoms. The van der Waals surface area contributed by atoms with Gasteiger partial charge in [0.05, 0.1) is 7.11 Å². The second-order valence-corrected chi connectivity index (χ2v) is 6.35. The van der Waals surface area contributed by atoms with Crippen molar-refractivity contribution in [2.45, 2.75) is 4.90 Å². The van der Waals surface area contributed by atoms with Crippen molar-refractivity contribution in [3.8, 4) is 5.75 Å². The largest absolute Gasteiger partial charge is 0.495 e. The van der Waals surface area contributed by atoms with Gasteiger partial charge in [0.2, 0.25) is 10.0 Å². The first-order valence-electron chi connectivity index (χ1n) is 6.96. The van der Waals surface area contributed by atoms with Gasteiger partial charge in [0, 0.05) is 18.1 Å². The van der Waals surface area contributed by atoms with Gasteiger partial charge in [0.25, 0.3) is 5.91 Å². The van der Waals surface area contributed by atoms with E-state index in [9.17, 15) is 18.0 Å². The fourth-order valence-electron chi connectivity index (χ4n) is 1.88. The minimum Gasteiger partial charge on any atom is -0.495 e. The van der Waals surface area contributed by atoms with Crippen LogP contribution in [0.3, 0.4) is 0 Å². The van der Waals surface area contributed by atoms with Crippen LogP contribution in [-0.4, -0.2) is 44.0 Å². The fourth-order valence-corrected chi connectivity index (χ4v) is 2.60. The van der Waals surface area contributed by atoms with Crippen LogP contribution in [0.25, 0.3) is 0 Å². The van der Waals surface area contributed by atoms with Gasteiger partial charge < -0.3 is 20.5 Å². The standard InChI is InChI=1S/C14H15N5O6S/c1-24-9-3-2-8(6-10(9)26(16,22)23)19-11(20)7-25-14(21)12-13(15)18-5-4-17-12/h2-6H,7H2,1H3,(H2,15,18)(H,19,20)(H2,16,22,23). The van der Waals surface area contributed by atoms with Crippen molar-refractivity contribution in [1.29, 1.82) is 0 Å². The number of primary sulfonamides is 1.